The summed E-state index contributed by atoms with van der Waals surface area (Å²) in [6.07, 6.45) is 4.45. The number of benzene rings is 1. The molecule has 0 aliphatic carbocycles. The molecular formula is C12H13N3O. The van der Waals surface area contributed by atoms with Crippen LogP contribution in [0.3, 0.4) is 0 Å². The molecule has 2 N–H and O–H groups in total. The largest absolute Gasteiger partial charge is 0.398 e. The first kappa shape index (κ1) is 10.4. The monoisotopic (exact) mass is 215 g/mol. The number of nitrogen functional groups attached to an aromatic ring is 1. The van der Waals surface area contributed by atoms with Crippen LogP contribution in [0.15, 0.2) is 24.5 Å². The fourth-order valence-corrected chi connectivity index (χ4v) is 1.66. The molecule has 0 aliphatic heterocycles. The number of aldehydes is 1. The van der Waals surface area contributed by atoms with Crippen molar-refractivity contribution in [3.05, 3.63) is 35.7 Å². The molecule has 0 fully saturated rings. The van der Waals surface area contributed by atoms with Crippen molar-refractivity contribution in [2.75, 3.05) is 5.73 Å². The molecule has 0 aliphatic rings. The van der Waals surface area contributed by atoms with E-state index in [1.807, 2.05) is 26.2 Å². The van der Waals surface area contributed by atoms with Crippen LogP contribution in [0.25, 0.3) is 11.1 Å². The highest BCUT2D eigenvalue weighted by atomic mass is 16.1. The first-order valence-corrected chi connectivity index (χ1v) is 4.96. The molecule has 2 aromatic rings. The summed E-state index contributed by atoms with van der Waals surface area (Å²) in [5, 5.41) is 4.10. The lowest BCUT2D eigenvalue weighted by molar-refractivity contribution is 0.112. The Morgan fingerprint density at radius 3 is 2.69 bits per heavy atom. The second-order valence-corrected chi connectivity index (χ2v) is 3.82. The molecule has 0 atom stereocenters. The summed E-state index contributed by atoms with van der Waals surface area (Å²) in [7, 11) is 1.86. The summed E-state index contributed by atoms with van der Waals surface area (Å²) < 4.78 is 1.72. The molecule has 0 saturated heterocycles. The first-order valence-electron chi connectivity index (χ1n) is 4.96. The fraction of sp³-hybridized carbons (Fsp3) is 0.167. The van der Waals surface area contributed by atoms with Crippen molar-refractivity contribution in [3.8, 4) is 11.1 Å². The SMILES string of the molecule is Cc1cc(-c2cnn(C)c2)cc(C=O)c1N. The molecule has 2 rings (SSSR count). The van der Waals surface area contributed by atoms with Crippen molar-refractivity contribution in [1.82, 2.24) is 9.78 Å². The van der Waals surface area contributed by atoms with Crippen LogP contribution in [0.4, 0.5) is 5.69 Å². The number of carbonyl (C=O) groups is 1. The highest BCUT2D eigenvalue weighted by Gasteiger charge is 2.07. The van der Waals surface area contributed by atoms with E-state index in [4.69, 9.17) is 5.73 Å². The molecule has 4 nitrogen and oxygen atoms in total. The zero-order valence-corrected chi connectivity index (χ0v) is 9.27. The number of anilines is 1. The number of rotatable bonds is 2. The molecular weight excluding hydrogens is 202 g/mol. The zero-order chi connectivity index (χ0) is 11.7. The Morgan fingerprint density at radius 2 is 2.12 bits per heavy atom. The van der Waals surface area contributed by atoms with Gasteiger partial charge in [0.05, 0.1) is 6.20 Å². The van der Waals surface area contributed by atoms with Crippen LogP contribution in [0, 0.1) is 6.92 Å². The molecule has 1 heterocycles. The predicted octanol–water partition coefficient (Wildman–Crippen LogP) is 1.79. The molecule has 0 radical (unpaired) electrons. The highest BCUT2D eigenvalue weighted by Crippen LogP contribution is 2.25. The number of nitrogens with two attached hydrogens (primary N) is 1. The summed E-state index contributed by atoms with van der Waals surface area (Å²) in [6, 6.07) is 3.74. The normalized spacial score (nSPS) is 10.4. The van der Waals surface area contributed by atoms with Gasteiger partial charge in [-0.15, -0.1) is 0 Å². The summed E-state index contributed by atoms with van der Waals surface area (Å²) in [5.41, 5.74) is 9.71. The van der Waals surface area contributed by atoms with Crippen LogP contribution in [0.1, 0.15) is 15.9 Å². The molecule has 1 aromatic heterocycles. The summed E-state index contributed by atoms with van der Waals surface area (Å²) in [5.74, 6) is 0. The smallest absolute Gasteiger partial charge is 0.152 e. The number of aromatic nitrogens is 2. The topological polar surface area (TPSA) is 60.9 Å². The molecule has 0 saturated carbocycles. The minimum Gasteiger partial charge on any atom is -0.398 e. The van der Waals surface area contributed by atoms with E-state index in [1.165, 1.54) is 0 Å². The molecule has 4 heteroatoms. The van der Waals surface area contributed by atoms with Crippen LogP contribution < -0.4 is 5.73 Å². The van der Waals surface area contributed by atoms with Gasteiger partial charge in [0, 0.05) is 30.1 Å². The standard InChI is InChI=1S/C12H13N3O/c1-8-3-9(4-10(7-16)12(8)13)11-5-14-15(2)6-11/h3-7H,13H2,1-2H3. The Hall–Kier alpha value is -2.10. The van der Waals surface area contributed by atoms with Gasteiger partial charge in [-0.25, -0.2) is 0 Å². The molecule has 82 valence electrons. The molecule has 0 amide bonds. The first-order chi connectivity index (χ1) is 7.61. The van der Waals surface area contributed by atoms with Gasteiger partial charge in [0.1, 0.15) is 0 Å². The second kappa shape index (κ2) is 3.81. The van der Waals surface area contributed by atoms with Crippen LogP contribution >= 0.6 is 0 Å². The Balaban J connectivity index is 2.58. The van der Waals surface area contributed by atoms with Gasteiger partial charge in [-0.05, 0) is 30.2 Å². The predicted molar refractivity (Wildman–Crippen MR) is 63.2 cm³/mol. The van der Waals surface area contributed by atoms with Crippen LogP contribution in [0.2, 0.25) is 0 Å². The van der Waals surface area contributed by atoms with E-state index in [0.29, 0.717) is 11.3 Å². The highest BCUT2D eigenvalue weighted by molar-refractivity contribution is 5.87. The van der Waals surface area contributed by atoms with E-state index in [0.717, 1.165) is 23.0 Å². The Morgan fingerprint density at radius 1 is 1.38 bits per heavy atom. The van der Waals surface area contributed by atoms with Crippen molar-refractivity contribution in [3.63, 3.8) is 0 Å². The lowest BCUT2D eigenvalue weighted by Crippen LogP contribution is -1.96. The van der Waals surface area contributed by atoms with E-state index in [1.54, 1.807) is 16.9 Å². The van der Waals surface area contributed by atoms with Gasteiger partial charge in [0.15, 0.2) is 6.29 Å². The quantitative estimate of drug-likeness (QED) is 0.613. The lowest BCUT2D eigenvalue weighted by Gasteiger charge is -2.06. The third-order valence-corrected chi connectivity index (χ3v) is 2.58. The number of nitrogens with zero attached hydrogens (tertiary/aromatic N) is 2. The number of aryl methyl sites for hydroxylation is 2. The minimum atomic E-state index is 0.527. The van der Waals surface area contributed by atoms with Crippen molar-refractivity contribution < 1.29 is 4.79 Å². The maximum Gasteiger partial charge on any atom is 0.152 e. The lowest BCUT2D eigenvalue weighted by atomic mass is 10.0. The molecule has 0 bridgehead atoms. The van der Waals surface area contributed by atoms with E-state index in [-0.39, 0.29) is 0 Å². The van der Waals surface area contributed by atoms with Crippen LogP contribution in [-0.4, -0.2) is 16.1 Å². The molecule has 0 spiro atoms. The van der Waals surface area contributed by atoms with E-state index in [9.17, 15) is 4.79 Å². The summed E-state index contributed by atoms with van der Waals surface area (Å²) in [4.78, 5) is 10.9. The van der Waals surface area contributed by atoms with Crippen molar-refractivity contribution in [1.29, 1.82) is 0 Å². The van der Waals surface area contributed by atoms with E-state index in [2.05, 4.69) is 5.10 Å². The average molecular weight is 215 g/mol. The van der Waals surface area contributed by atoms with Crippen molar-refractivity contribution in [2.45, 2.75) is 6.92 Å². The van der Waals surface area contributed by atoms with Crippen molar-refractivity contribution in [2.24, 2.45) is 7.05 Å². The minimum absolute atomic E-state index is 0.527. The Labute approximate surface area is 93.7 Å². The van der Waals surface area contributed by atoms with E-state index >= 15 is 0 Å². The Kier molecular flexibility index (Phi) is 2.48. The Bertz CT molecular complexity index is 543. The van der Waals surface area contributed by atoms with Gasteiger partial charge in [0.25, 0.3) is 0 Å². The molecule has 16 heavy (non-hydrogen) atoms. The van der Waals surface area contributed by atoms with Crippen molar-refractivity contribution >= 4 is 12.0 Å². The maximum absolute atomic E-state index is 10.9. The third-order valence-electron chi connectivity index (χ3n) is 2.58. The number of hydrogen-bond acceptors (Lipinski definition) is 3. The van der Waals surface area contributed by atoms with Gasteiger partial charge < -0.3 is 5.73 Å². The van der Waals surface area contributed by atoms with Gasteiger partial charge >= 0.3 is 0 Å². The fourth-order valence-electron chi connectivity index (χ4n) is 1.66. The van der Waals surface area contributed by atoms with Gasteiger partial charge in [-0.3, -0.25) is 9.48 Å². The third kappa shape index (κ3) is 1.69. The summed E-state index contributed by atoms with van der Waals surface area (Å²) >= 11 is 0. The van der Waals surface area contributed by atoms with Gasteiger partial charge in [-0.1, -0.05) is 0 Å². The second-order valence-electron chi connectivity index (χ2n) is 3.82. The average Bonchev–Trinajstić information content (AvgIpc) is 2.69. The molecule has 0 unspecified atom stereocenters. The van der Waals surface area contributed by atoms with Gasteiger partial charge in [0.2, 0.25) is 0 Å². The van der Waals surface area contributed by atoms with Crippen LogP contribution in [-0.2, 0) is 7.05 Å². The number of hydrogen-bond donors (Lipinski definition) is 1. The maximum atomic E-state index is 10.9. The van der Waals surface area contributed by atoms with Gasteiger partial charge in [-0.2, -0.15) is 5.10 Å². The van der Waals surface area contributed by atoms with E-state index < -0.39 is 0 Å². The molecule has 1 aromatic carbocycles. The van der Waals surface area contributed by atoms with Crippen LogP contribution in [0.5, 0.6) is 0 Å². The zero-order valence-electron chi connectivity index (χ0n) is 9.27. The number of carbonyl (C=O) groups excluding carboxylic acids is 1. The summed E-state index contributed by atoms with van der Waals surface area (Å²) in [6.45, 7) is 1.89.